The van der Waals surface area contributed by atoms with Crippen molar-refractivity contribution in [3.63, 3.8) is 0 Å². The molecule has 128 heavy (non-hydrogen) atoms. The van der Waals surface area contributed by atoms with E-state index in [0.29, 0.717) is 47.2 Å². The van der Waals surface area contributed by atoms with E-state index in [1.54, 1.807) is 5.56 Å². The summed E-state index contributed by atoms with van der Waals surface area (Å²) in [5.74, 6) is 8.79. The van der Waals surface area contributed by atoms with E-state index in [4.69, 9.17) is 16.3 Å². The summed E-state index contributed by atoms with van der Waals surface area (Å²) in [5.41, 5.74) is 39.4. The number of hydrogen-bond acceptors (Lipinski definition) is 4. The Bertz CT molecular complexity index is 6840. The summed E-state index contributed by atoms with van der Waals surface area (Å²) >= 11 is 0. The molecule has 662 valence electrons. The summed E-state index contributed by atoms with van der Waals surface area (Å²) in [7, 11) is 10.4. The van der Waals surface area contributed by atoms with E-state index in [-0.39, 0.29) is 5.82 Å². The summed E-state index contributed by atoms with van der Waals surface area (Å²) in [5, 5.41) is 7.38. The van der Waals surface area contributed by atoms with Crippen molar-refractivity contribution in [2.75, 3.05) is 0 Å². The van der Waals surface area contributed by atoms with Crippen LogP contribution in [0.1, 0.15) is 276 Å². The third kappa shape index (κ3) is 18.5. The zero-order chi connectivity index (χ0) is 93.3. The molecule has 5 aromatic heterocycles. The maximum absolute atomic E-state index is 14.6. The molecular weight excluding hydrogens is 1560 g/mol. The number of benzene rings is 10. The second-order valence-electron chi connectivity index (χ2n) is 40.5. The predicted molar refractivity (Wildman–Crippen MR) is 535 cm³/mol. The molecule has 4 bridgehead atoms. The molecule has 0 aliphatic heterocycles. The first-order valence-electron chi connectivity index (χ1n) is 47.8. The smallest absolute Gasteiger partial charge is 0.232 e. The lowest BCUT2D eigenvalue weighted by Crippen LogP contribution is -2.48. The molecule has 10 aromatic carbocycles. The van der Waals surface area contributed by atoms with E-state index in [0.717, 1.165) is 90.6 Å². The maximum Gasteiger partial charge on any atom is 0.296 e. The van der Waals surface area contributed by atoms with Crippen LogP contribution in [0.5, 0.6) is 0 Å². The molecular formula is C118H143FN9+5. The Morgan fingerprint density at radius 3 is 1.24 bits per heavy atom. The number of pyridine rings is 1. The van der Waals surface area contributed by atoms with Crippen LogP contribution < -0.4 is 22.8 Å². The molecule has 0 unspecified atom stereocenters. The molecule has 4 aliphatic rings. The Labute approximate surface area is 766 Å². The molecule has 15 aromatic rings. The van der Waals surface area contributed by atoms with Gasteiger partial charge in [-0.3, -0.25) is 0 Å². The molecule has 0 atom stereocenters. The minimum absolute atomic E-state index is 0.0741. The average molecular weight is 1710 g/mol. The molecule has 4 fully saturated rings. The lowest BCUT2D eigenvalue weighted by Gasteiger charge is -2.57. The van der Waals surface area contributed by atoms with Crippen molar-refractivity contribution in [2.45, 2.75) is 259 Å². The van der Waals surface area contributed by atoms with Crippen molar-refractivity contribution in [2.24, 2.45) is 53.0 Å². The van der Waals surface area contributed by atoms with Gasteiger partial charge in [0.1, 0.15) is 35.6 Å². The van der Waals surface area contributed by atoms with Gasteiger partial charge in [0.2, 0.25) is 5.69 Å². The molecule has 0 N–H and O–H groups in total. The Hall–Kier alpha value is -11.1. The van der Waals surface area contributed by atoms with Crippen molar-refractivity contribution in [3.05, 3.63) is 300 Å². The Kier molecular flexibility index (Phi) is 26.9. The summed E-state index contributed by atoms with van der Waals surface area (Å²) in [4.78, 5) is 19.0. The largest absolute Gasteiger partial charge is 0.296 e. The second-order valence-corrected chi connectivity index (χ2v) is 40.5. The van der Waals surface area contributed by atoms with Gasteiger partial charge < -0.3 is 0 Å². The first-order chi connectivity index (χ1) is 61.0. The number of fused-ring (bicyclic) bond motifs is 5. The molecule has 4 aliphatic carbocycles. The maximum atomic E-state index is 14.6. The molecule has 5 heterocycles. The molecule has 9 nitrogen and oxygen atoms in total. The molecule has 0 amide bonds. The summed E-state index contributed by atoms with van der Waals surface area (Å²) in [6.45, 7) is 56.3. The van der Waals surface area contributed by atoms with Crippen LogP contribution in [0.25, 0.3) is 111 Å². The zero-order valence-corrected chi connectivity index (χ0v) is 83.0. The van der Waals surface area contributed by atoms with Crippen LogP contribution in [0.15, 0.2) is 176 Å². The fraction of sp³-hybridized carbons (Fsp3) is 0.398. The van der Waals surface area contributed by atoms with E-state index >= 15 is 0 Å². The topological polar surface area (TPSA) is 71.0 Å². The van der Waals surface area contributed by atoms with Gasteiger partial charge in [0.25, 0.3) is 23.8 Å². The molecule has 0 spiro atoms. The Morgan fingerprint density at radius 1 is 0.336 bits per heavy atom. The Balaban J connectivity index is 0.000000131. The minimum Gasteiger partial charge on any atom is -0.232 e. The highest BCUT2D eigenvalue weighted by atomic mass is 19.1. The average Bonchev–Trinajstić information content (AvgIpc) is 0.727. The first-order valence-corrected chi connectivity index (χ1v) is 47.3. The van der Waals surface area contributed by atoms with Crippen molar-refractivity contribution >= 4 is 54.4 Å². The van der Waals surface area contributed by atoms with Gasteiger partial charge in [-0.25, -0.2) is 22.7 Å². The third-order valence-electron chi connectivity index (χ3n) is 29.3. The van der Waals surface area contributed by atoms with E-state index in [2.05, 4.69) is 381 Å². The molecule has 0 radical (unpaired) electrons. The summed E-state index contributed by atoms with van der Waals surface area (Å²) < 4.78 is 33.9. The van der Waals surface area contributed by atoms with E-state index in [1.165, 1.54) is 189 Å². The monoisotopic (exact) mass is 1710 g/mol. The number of nitrogens with zero attached hydrogens (tertiary/aromatic N) is 9. The molecule has 19 rings (SSSR count). The van der Waals surface area contributed by atoms with Crippen molar-refractivity contribution in [3.8, 4) is 56.3 Å². The lowest BCUT2D eigenvalue weighted by molar-refractivity contribution is -0.668. The summed E-state index contributed by atoms with van der Waals surface area (Å²) in [6, 6.07) is 62.8. The SMILES string of the molecule is Cc1cc(-c2c3ccc(C45CC6CC(CC(C6)C4)C5)cc3cc(C)[n+]2C)c(C)c(C)c1F.Cc1cc(C)c(C)c(-c2c3ccc(C(C)C)cc3nc(C)[n+]2C)c1.Cc1ccc(C)c(-c2c3ccc(C(C)C)cc3nc(C)[n+]2C)c1.Cc1ccccc1-c1c2ccc(C(C)C)cc2nc(C)[n+]1C.[2H]c1nc2cc(C(C)C)ccc2c(-c2cc(C(C)C)cc(C(C)C)c2C)[n+]1C. The minimum atomic E-state index is -0.0741. The lowest BCUT2D eigenvalue weighted by atomic mass is 9.48. The number of aryl methyl sites for hydroxylation is 10. The van der Waals surface area contributed by atoms with Gasteiger partial charge in [-0.1, -0.05) is 179 Å². The van der Waals surface area contributed by atoms with Crippen LogP contribution in [-0.4, -0.2) is 19.9 Å². The molecule has 0 saturated heterocycles. The van der Waals surface area contributed by atoms with Gasteiger partial charge in [0.15, 0.2) is 29.1 Å². The van der Waals surface area contributed by atoms with Crippen LogP contribution in [-0.2, 0) is 40.7 Å². The van der Waals surface area contributed by atoms with Gasteiger partial charge in [-0.2, -0.15) is 4.57 Å². The van der Waals surface area contributed by atoms with E-state index < -0.39 is 0 Å². The van der Waals surface area contributed by atoms with Crippen LogP contribution in [0.2, 0.25) is 0 Å². The van der Waals surface area contributed by atoms with Crippen LogP contribution >= 0.6 is 0 Å². The van der Waals surface area contributed by atoms with Crippen LogP contribution in [0.4, 0.5) is 4.39 Å². The highest BCUT2D eigenvalue weighted by molar-refractivity contribution is 5.97. The van der Waals surface area contributed by atoms with Gasteiger partial charge in [0.05, 0.1) is 60.7 Å². The Morgan fingerprint density at radius 2 is 0.758 bits per heavy atom. The molecule has 4 saturated carbocycles. The number of aromatic nitrogens is 9. The van der Waals surface area contributed by atoms with Crippen molar-refractivity contribution < 1.29 is 28.6 Å². The summed E-state index contributed by atoms with van der Waals surface area (Å²) in [6.07, 6.45) is 8.92. The van der Waals surface area contributed by atoms with Crippen LogP contribution in [0.3, 0.4) is 0 Å². The number of hydrogen-bond donors (Lipinski definition) is 0. The van der Waals surface area contributed by atoms with Gasteiger partial charge in [-0.15, -0.1) is 0 Å². The van der Waals surface area contributed by atoms with Gasteiger partial charge in [-0.05, 0) is 354 Å². The quantitative estimate of drug-likeness (QED) is 0.114. The number of rotatable bonds is 12. The predicted octanol–water partition coefficient (Wildman–Crippen LogP) is 27.9. The van der Waals surface area contributed by atoms with E-state index in [9.17, 15) is 4.39 Å². The standard InChI is InChI=1S/C30H35FN.C25H33N2.C22H27N2.C21H25N2.C20H23N2/c1-17-8-27(19(3)20(4)28(17)31)29-26-7-6-25(13-24(26)9-18(2)32(29)5)30-14-21-10-22(15-30)12-23(11-21)16-30;1-15(2)19-9-10-21-24(13-19)26-14-27(8)25(21)23-12-20(16(3)4)11-22(17(5)6)18(23)7;1-13(2)18-8-9-19-21(12-18)23-17(6)24(7)22(19)20-11-14(3)10-15(4)16(20)5;1-13(2)17-9-10-18-20(12-17)22-16(5)23(6)21(18)19-11-14(3)7-8-15(19)4;1-13(2)16-10-11-18-19(12-16)21-15(4)22(5)20(18)17-9-7-6-8-14(17)3/h6-9,13,21-23H,10-12,14-16H2,1-5H3;9-17H,1-8H3;8-13H,1-7H3;7-13H,1-6H3;6-13H,1-5H3/q5*+1/i;14D;;;. The normalized spacial score (nSPS) is 16.0. The first kappa shape index (κ1) is 91.6. The highest BCUT2D eigenvalue weighted by Gasteiger charge is 2.52. The third-order valence-corrected chi connectivity index (χ3v) is 29.3. The van der Waals surface area contributed by atoms with Gasteiger partial charge in [0, 0.05) is 56.0 Å². The van der Waals surface area contributed by atoms with Crippen LogP contribution in [0, 0.1) is 121 Å². The molecule has 10 heteroatoms. The zero-order valence-electron chi connectivity index (χ0n) is 84.0. The van der Waals surface area contributed by atoms with Crippen molar-refractivity contribution in [1.29, 1.82) is 0 Å². The number of halogens is 1. The van der Waals surface area contributed by atoms with Crippen molar-refractivity contribution in [1.82, 2.24) is 19.9 Å². The fourth-order valence-electron chi connectivity index (χ4n) is 21.3. The second kappa shape index (κ2) is 37.5. The highest BCUT2D eigenvalue weighted by Crippen LogP contribution is 2.61. The van der Waals surface area contributed by atoms with E-state index in [1.807, 2.05) is 31.5 Å². The fourth-order valence-corrected chi connectivity index (χ4v) is 21.3. The van der Waals surface area contributed by atoms with Gasteiger partial charge >= 0.3 is 0 Å².